The van der Waals surface area contributed by atoms with Crippen molar-refractivity contribution in [3.05, 3.63) is 64.7 Å². The summed E-state index contributed by atoms with van der Waals surface area (Å²) >= 11 is 1.49. The molecule has 2 aromatic carbocycles. The first-order valence-electron chi connectivity index (χ1n) is 28.6. The summed E-state index contributed by atoms with van der Waals surface area (Å²) in [5, 5.41) is 22.0. The highest BCUT2D eigenvalue weighted by Crippen LogP contribution is 2.42. The monoisotopic (exact) mass is 1190 g/mol. The summed E-state index contributed by atoms with van der Waals surface area (Å²) in [6.07, 6.45) is 4.78. The highest BCUT2D eigenvalue weighted by molar-refractivity contribution is 7.13. The molecule has 5 aliphatic rings. The number of nitrogens with one attached hydrogen (secondary N) is 4. The molecule has 5 heterocycles. The van der Waals surface area contributed by atoms with Crippen LogP contribution >= 0.6 is 11.3 Å². The van der Waals surface area contributed by atoms with Gasteiger partial charge in [0.25, 0.3) is 17.7 Å². The van der Waals surface area contributed by atoms with Gasteiger partial charge in [0.05, 0.1) is 79.7 Å². The summed E-state index contributed by atoms with van der Waals surface area (Å²) in [7, 11) is 2.63. The van der Waals surface area contributed by atoms with Crippen LogP contribution in [0.3, 0.4) is 0 Å². The number of β-amino-alcohol motifs (C(OH)–C–C–N with tert-alkyl or cyclic N) is 1. The summed E-state index contributed by atoms with van der Waals surface area (Å²) in [6, 6.07) is 5.41. The molecule has 4 fully saturated rings. The highest BCUT2D eigenvalue weighted by atomic mass is 32.1. The van der Waals surface area contributed by atoms with Crippen LogP contribution in [0.2, 0.25) is 0 Å². The van der Waals surface area contributed by atoms with Gasteiger partial charge in [-0.3, -0.25) is 24.0 Å². The van der Waals surface area contributed by atoms with Crippen LogP contribution in [-0.4, -0.2) is 181 Å². The molecule has 5 amide bonds. The lowest BCUT2D eigenvalue weighted by atomic mass is 9.85. The molecule has 0 spiro atoms. The minimum absolute atomic E-state index is 0.00938. The topological polar surface area (TPSA) is 242 Å². The molecule has 26 heteroatoms. The molecule has 2 aliphatic carbocycles. The number of alkyl halides is 3. The lowest BCUT2D eigenvalue weighted by Crippen LogP contribution is -2.59. The van der Waals surface area contributed by atoms with Gasteiger partial charge in [0.1, 0.15) is 41.7 Å². The molecule has 2 aromatic heterocycles. The number of hydrogen-bond acceptors (Lipinski definition) is 17. The first-order chi connectivity index (χ1) is 40.0. The van der Waals surface area contributed by atoms with Gasteiger partial charge < -0.3 is 64.9 Å². The predicted octanol–water partition coefficient (Wildman–Crippen LogP) is 6.08. The molecular formula is C58H75F4N11O10S. The number of methoxy groups -OCH3 is 1. The summed E-state index contributed by atoms with van der Waals surface area (Å²) in [5.41, 5.74) is 1.34. The molecule has 84 heavy (non-hydrogen) atoms. The van der Waals surface area contributed by atoms with Gasteiger partial charge in [-0.1, -0.05) is 45.7 Å². The Morgan fingerprint density at radius 3 is 2.33 bits per heavy atom. The third-order valence-electron chi connectivity index (χ3n) is 16.1. The van der Waals surface area contributed by atoms with E-state index >= 15 is 13.2 Å². The Bertz CT molecular complexity index is 3040. The SMILES string of the molecule is COc1cc(C(=O)NC2CCN(CCOCCOCCOc3cc(-c4scnc4C)ccc3CNC(=O)[C@@H]3C[C@@H](O)CN3C(=O)[C@@H](NC(=O)C3(F)CC3)C(C)(C)C)CC2)c(F)cc1Nc1ncc2c(n1)N(C1CCCC1)CC(F)(F)C(=O)N2C. The largest absolute Gasteiger partial charge is 0.495 e. The number of benzene rings is 2. The van der Waals surface area contributed by atoms with Gasteiger partial charge >= 0.3 is 5.92 Å². The first kappa shape index (κ1) is 61.8. The zero-order valence-electron chi connectivity index (χ0n) is 48.2. The number of likely N-dealkylation sites (tertiary alicyclic amines) is 2. The number of ether oxygens (including phenoxy) is 4. The Morgan fingerprint density at radius 2 is 1.65 bits per heavy atom. The summed E-state index contributed by atoms with van der Waals surface area (Å²) in [4.78, 5) is 86.6. The summed E-state index contributed by atoms with van der Waals surface area (Å²) in [5.74, 6) is -7.61. The smallest absolute Gasteiger partial charge is 0.342 e. The summed E-state index contributed by atoms with van der Waals surface area (Å²) < 4.78 is 84.1. The van der Waals surface area contributed by atoms with Crippen LogP contribution in [0.25, 0.3) is 10.4 Å². The Balaban J connectivity index is 0.701. The fourth-order valence-corrected chi connectivity index (χ4v) is 11.9. The van der Waals surface area contributed by atoms with Gasteiger partial charge in [0.15, 0.2) is 11.5 Å². The van der Waals surface area contributed by atoms with E-state index in [0.29, 0.717) is 76.5 Å². The quantitative estimate of drug-likeness (QED) is 0.0418. The van der Waals surface area contributed by atoms with Crippen molar-refractivity contribution in [2.24, 2.45) is 5.41 Å². The molecule has 0 radical (unpaired) electrons. The number of amides is 5. The number of rotatable bonds is 23. The van der Waals surface area contributed by atoms with E-state index in [9.17, 15) is 33.5 Å². The van der Waals surface area contributed by atoms with Crippen LogP contribution in [-0.2, 0) is 35.2 Å². The minimum atomic E-state index is -3.65. The third kappa shape index (κ3) is 14.5. The number of aromatic nitrogens is 3. The van der Waals surface area contributed by atoms with Crippen molar-refractivity contribution in [2.75, 3.05) is 95.0 Å². The van der Waals surface area contributed by atoms with Gasteiger partial charge in [-0.2, -0.15) is 13.8 Å². The van der Waals surface area contributed by atoms with E-state index in [1.165, 1.54) is 47.6 Å². The minimum Gasteiger partial charge on any atom is -0.495 e. The molecule has 4 aromatic rings. The first-order valence-corrected chi connectivity index (χ1v) is 29.5. The fraction of sp³-hybridized carbons (Fsp3) is 0.586. The lowest BCUT2D eigenvalue weighted by Gasteiger charge is -2.35. The van der Waals surface area contributed by atoms with E-state index in [1.54, 1.807) is 26.3 Å². The number of aliphatic hydroxyl groups excluding tert-OH is 1. The molecule has 2 saturated heterocycles. The van der Waals surface area contributed by atoms with E-state index in [2.05, 4.69) is 41.1 Å². The standard InChI is InChI=1S/C58H75F4N11O10S/c1-34-47(84-33-65-34)35-11-12-36(29-63-51(76)43-26-39(74)31-72(43)52(77)48(56(2,3)4)68-53(78)57(60)15-16-57)45(25-35)83-24-23-82-22-21-81-20-19-71-17-13-37(14-18-71)66-50(75)40-27-46(80-6)42(28-41(40)59)67-55-64-30-44-49(69-55)73(38-9-7-8-10-38)32-58(61,62)54(79)70(44)5/h11-12,25,27-28,30,33,37-39,43,48,74H,7-10,13-24,26,29,31-32H2,1-6H3,(H,63,76)(H,66,75)(H,68,78)(H,64,67,69)/t39-,43+,48-/m1/s1. The fourth-order valence-electron chi connectivity index (χ4n) is 11.1. The van der Waals surface area contributed by atoms with E-state index in [1.807, 2.05) is 25.1 Å². The molecule has 456 valence electrons. The number of aliphatic hydroxyl groups is 1. The molecule has 5 N–H and O–H groups in total. The van der Waals surface area contributed by atoms with Crippen LogP contribution < -0.4 is 40.5 Å². The number of hydrogen-bond donors (Lipinski definition) is 5. The number of piperidine rings is 1. The second-order valence-electron chi connectivity index (χ2n) is 23.3. The number of thiazole rings is 1. The Morgan fingerprint density at radius 1 is 0.940 bits per heavy atom. The van der Waals surface area contributed by atoms with Crippen LogP contribution in [0.4, 0.5) is 40.7 Å². The zero-order valence-corrected chi connectivity index (χ0v) is 49.1. The third-order valence-corrected chi connectivity index (χ3v) is 17.1. The van der Waals surface area contributed by atoms with Gasteiger partial charge in [0.2, 0.25) is 17.8 Å². The molecule has 2 saturated carbocycles. The number of fused-ring (bicyclic) bond motifs is 1. The van der Waals surface area contributed by atoms with Gasteiger partial charge in [-0.05, 0) is 68.6 Å². The maximum absolute atomic E-state index is 15.7. The van der Waals surface area contributed by atoms with Crippen LogP contribution in [0.1, 0.15) is 100 Å². The van der Waals surface area contributed by atoms with Gasteiger partial charge in [-0.15, -0.1) is 11.3 Å². The number of aryl methyl sites for hydroxylation is 1. The van der Waals surface area contributed by atoms with Crippen molar-refractivity contribution >= 4 is 64.0 Å². The predicted molar refractivity (Wildman–Crippen MR) is 305 cm³/mol. The van der Waals surface area contributed by atoms with Crippen LogP contribution in [0.15, 0.2) is 42.0 Å². The van der Waals surface area contributed by atoms with Gasteiger partial charge in [-0.25, -0.2) is 18.7 Å². The average Bonchev–Trinajstić information content (AvgIpc) is 2.28. The normalized spacial score (nSPS) is 20.3. The molecular weight excluding hydrogens is 1120 g/mol. The zero-order chi connectivity index (χ0) is 60.1. The van der Waals surface area contributed by atoms with E-state index < -0.39 is 77.1 Å². The average molecular weight is 1190 g/mol. The lowest BCUT2D eigenvalue weighted by molar-refractivity contribution is -0.145. The Kier molecular flexibility index (Phi) is 19.3. The Labute approximate surface area is 489 Å². The van der Waals surface area contributed by atoms with Crippen molar-refractivity contribution in [1.82, 2.24) is 40.7 Å². The van der Waals surface area contributed by atoms with Crippen molar-refractivity contribution < 1.29 is 65.6 Å². The van der Waals surface area contributed by atoms with Crippen molar-refractivity contribution in [1.29, 1.82) is 0 Å². The van der Waals surface area contributed by atoms with Crippen molar-refractivity contribution in [2.45, 2.75) is 134 Å². The number of anilines is 4. The Hall–Kier alpha value is -6.74. The highest BCUT2D eigenvalue weighted by Gasteiger charge is 2.54. The second-order valence-corrected chi connectivity index (χ2v) is 24.2. The van der Waals surface area contributed by atoms with E-state index in [4.69, 9.17) is 18.9 Å². The number of carbonyl (C=O) groups excluding carboxylic acids is 5. The van der Waals surface area contributed by atoms with Crippen LogP contribution in [0.5, 0.6) is 11.5 Å². The molecule has 0 unspecified atom stereocenters. The van der Waals surface area contributed by atoms with Crippen LogP contribution in [0, 0.1) is 18.2 Å². The molecule has 9 rings (SSSR count). The summed E-state index contributed by atoms with van der Waals surface area (Å²) in [6.45, 7) is 9.75. The second kappa shape index (κ2) is 26.3. The molecule has 0 bridgehead atoms. The number of carbonyl (C=O) groups is 5. The number of nitrogens with zero attached hydrogens (tertiary/aromatic N) is 7. The maximum Gasteiger partial charge on any atom is 0.342 e. The number of halogens is 4. The van der Waals surface area contributed by atoms with E-state index in [-0.39, 0.29) is 92.1 Å². The molecule has 3 atom stereocenters. The van der Waals surface area contributed by atoms with Crippen molar-refractivity contribution in [3.63, 3.8) is 0 Å². The van der Waals surface area contributed by atoms with Crippen molar-refractivity contribution in [3.8, 4) is 21.9 Å². The molecule has 3 aliphatic heterocycles. The molecule has 21 nitrogen and oxygen atoms in total. The van der Waals surface area contributed by atoms with Gasteiger partial charge in [0, 0.05) is 69.9 Å². The maximum atomic E-state index is 15.7. The van der Waals surface area contributed by atoms with E-state index in [0.717, 1.165) is 39.9 Å².